The van der Waals surface area contributed by atoms with Crippen molar-refractivity contribution in [2.45, 2.75) is 26.1 Å². The molecule has 3 heterocycles. The second-order valence-corrected chi connectivity index (χ2v) is 6.40. The molecule has 0 bridgehead atoms. The van der Waals surface area contributed by atoms with Crippen molar-refractivity contribution in [1.82, 2.24) is 25.9 Å². The van der Waals surface area contributed by atoms with Crippen LogP contribution >= 0.6 is 0 Å². The smallest absolute Gasteiger partial charge is 0.276 e. The SMILES string of the molecule is CC1=C(C(=O)Nc2cccnn2)N2NC(c3cccc(C)c3)C=CC2N1. The number of fused-ring (bicyclic) bond motifs is 1. The molecule has 3 N–H and O–H groups in total. The fourth-order valence-electron chi connectivity index (χ4n) is 3.24. The zero-order valence-electron chi connectivity index (χ0n) is 14.6. The molecule has 0 saturated carbocycles. The molecule has 0 saturated heterocycles. The number of rotatable bonds is 3. The first-order valence-electron chi connectivity index (χ1n) is 8.48. The van der Waals surface area contributed by atoms with Crippen LogP contribution in [0.15, 0.2) is 66.1 Å². The Kier molecular flexibility index (Phi) is 4.14. The maximum absolute atomic E-state index is 12.8. The molecule has 2 unspecified atom stereocenters. The van der Waals surface area contributed by atoms with E-state index >= 15 is 0 Å². The van der Waals surface area contributed by atoms with E-state index in [1.807, 2.05) is 18.0 Å². The van der Waals surface area contributed by atoms with Crippen LogP contribution in [-0.4, -0.2) is 27.3 Å². The standard InChI is InChI=1S/C19H20N6O/c1-12-5-3-6-14(11-12)15-8-9-17-21-13(2)18(25(17)24-15)19(26)22-16-7-4-10-20-23-16/h3-11,15,17,21,24H,1-2H3,(H,22,23,26). The van der Waals surface area contributed by atoms with Gasteiger partial charge in [-0.3, -0.25) is 9.80 Å². The zero-order valence-corrected chi connectivity index (χ0v) is 14.6. The lowest BCUT2D eigenvalue weighted by Gasteiger charge is -2.34. The van der Waals surface area contributed by atoms with Gasteiger partial charge in [-0.2, -0.15) is 5.10 Å². The van der Waals surface area contributed by atoms with Crippen LogP contribution < -0.4 is 16.1 Å². The Labute approximate surface area is 151 Å². The summed E-state index contributed by atoms with van der Waals surface area (Å²) < 4.78 is 0. The third-order valence-corrected chi connectivity index (χ3v) is 4.43. The summed E-state index contributed by atoms with van der Waals surface area (Å²) in [6.45, 7) is 3.96. The number of carbonyl (C=O) groups excluding carboxylic acids is 1. The molecule has 0 radical (unpaired) electrons. The number of anilines is 1. The number of nitrogens with one attached hydrogen (secondary N) is 3. The van der Waals surface area contributed by atoms with E-state index in [-0.39, 0.29) is 18.1 Å². The molecule has 1 aromatic heterocycles. The molecule has 2 atom stereocenters. The highest BCUT2D eigenvalue weighted by Crippen LogP contribution is 2.28. The van der Waals surface area contributed by atoms with Crippen molar-refractivity contribution in [2.24, 2.45) is 0 Å². The van der Waals surface area contributed by atoms with Crippen LogP contribution in [0.4, 0.5) is 5.82 Å². The van der Waals surface area contributed by atoms with Gasteiger partial charge in [-0.15, -0.1) is 5.10 Å². The largest absolute Gasteiger partial charge is 0.363 e. The first-order valence-corrected chi connectivity index (χ1v) is 8.48. The Morgan fingerprint density at radius 3 is 2.85 bits per heavy atom. The van der Waals surface area contributed by atoms with Crippen LogP contribution in [0.3, 0.4) is 0 Å². The van der Waals surface area contributed by atoms with E-state index in [0.717, 1.165) is 11.3 Å². The van der Waals surface area contributed by atoms with Gasteiger partial charge in [-0.05, 0) is 37.6 Å². The molecule has 0 aliphatic carbocycles. The molecule has 1 aromatic carbocycles. The summed E-state index contributed by atoms with van der Waals surface area (Å²) in [5.41, 5.74) is 7.14. The van der Waals surface area contributed by atoms with Gasteiger partial charge in [0, 0.05) is 11.9 Å². The van der Waals surface area contributed by atoms with E-state index in [0.29, 0.717) is 11.5 Å². The van der Waals surface area contributed by atoms with Crippen LogP contribution in [0, 0.1) is 6.92 Å². The van der Waals surface area contributed by atoms with Gasteiger partial charge in [0.1, 0.15) is 11.9 Å². The molecule has 2 aromatic rings. The van der Waals surface area contributed by atoms with Gasteiger partial charge in [-0.1, -0.05) is 35.9 Å². The van der Waals surface area contributed by atoms with Gasteiger partial charge in [-0.25, -0.2) is 5.43 Å². The number of aromatic nitrogens is 2. The predicted octanol–water partition coefficient (Wildman–Crippen LogP) is 2.00. The van der Waals surface area contributed by atoms with E-state index in [4.69, 9.17) is 0 Å². The van der Waals surface area contributed by atoms with Crippen molar-refractivity contribution in [2.75, 3.05) is 5.32 Å². The summed E-state index contributed by atoms with van der Waals surface area (Å²) in [7, 11) is 0. The average Bonchev–Trinajstić information content (AvgIpc) is 2.97. The Balaban J connectivity index is 1.56. The maximum Gasteiger partial charge on any atom is 0.276 e. The number of carbonyl (C=O) groups is 1. The molecule has 2 aliphatic heterocycles. The minimum Gasteiger partial charge on any atom is -0.363 e. The highest BCUT2D eigenvalue weighted by molar-refractivity contribution is 6.03. The van der Waals surface area contributed by atoms with Crippen LogP contribution in [0.5, 0.6) is 0 Å². The lowest BCUT2D eigenvalue weighted by atomic mass is 10.0. The lowest BCUT2D eigenvalue weighted by Crippen LogP contribution is -2.50. The molecule has 4 rings (SSSR count). The number of hydrogen-bond acceptors (Lipinski definition) is 6. The Hall–Kier alpha value is -3.19. The Morgan fingerprint density at radius 2 is 2.08 bits per heavy atom. The molecule has 1 amide bonds. The highest BCUT2D eigenvalue weighted by Gasteiger charge is 2.36. The molecule has 7 heteroatoms. The van der Waals surface area contributed by atoms with Gasteiger partial charge in [0.05, 0.1) is 6.04 Å². The van der Waals surface area contributed by atoms with Crippen molar-refractivity contribution in [3.63, 3.8) is 0 Å². The summed E-state index contributed by atoms with van der Waals surface area (Å²) in [5, 5.41) is 15.7. The van der Waals surface area contributed by atoms with E-state index in [9.17, 15) is 4.79 Å². The second kappa shape index (κ2) is 6.61. The Bertz CT molecular complexity index is 892. The summed E-state index contributed by atoms with van der Waals surface area (Å²) in [6, 6.07) is 11.8. The number of benzene rings is 1. The fraction of sp³-hybridized carbons (Fsp3) is 0.211. The summed E-state index contributed by atoms with van der Waals surface area (Å²) in [4.78, 5) is 12.8. The van der Waals surface area contributed by atoms with Gasteiger partial charge >= 0.3 is 0 Å². The minimum absolute atomic E-state index is 0.00170. The van der Waals surface area contributed by atoms with Crippen molar-refractivity contribution in [3.8, 4) is 0 Å². The third-order valence-electron chi connectivity index (χ3n) is 4.43. The molecular formula is C19H20N6O. The van der Waals surface area contributed by atoms with E-state index in [2.05, 4.69) is 63.5 Å². The molecule has 0 fully saturated rings. The number of nitrogens with zero attached hydrogens (tertiary/aromatic N) is 3. The van der Waals surface area contributed by atoms with Crippen LogP contribution in [0.2, 0.25) is 0 Å². The number of allylic oxidation sites excluding steroid dienone is 1. The molecule has 0 spiro atoms. The predicted molar refractivity (Wildman–Crippen MR) is 98.3 cm³/mol. The quantitative estimate of drug-likeness (QED) is 0.736. The fourth-order valence-corrected chi connectivity index (χ4v) is 3.24. The van der Waals surface area contributed by atoms with Crippen molar-refractivity contribution >= 4 is 11.7 Å². The number of amides is 1. The van der Waals surface area contributed by atoms with E-state index < -0.39 is 0 Å². The molecule has 7 nitrogen and oxygen atoms in total. The normalized spacial score (nSPS) is 21.4. The summed E-state index contributed by atoms with van der Waals surface area (Å²) in [6.07, 6.45) is 5.64. The summed E-state index contributed by atoms with van der Waals surface area (Å²) in [5.74, 6) is 0.188. The Morgan fingerprint density at radius 1 is 1.19 bits per heavy atom. The molecule has 132 valence electrons. The van der Waals surface area contributed by atoms with Crippen molar-refractivity contribution < 1.29 is 4.79 Å². The zero-order chi connectivity index (χ0) is 18.1. The van der Waals surface area contributed by atoms with Gasteiger partial charge < -0.3 is 10.6 Å². The number of aryl methyl sites for hydroxylation is 1. The van der Waals surface area contributed by atoms with Crippen LogP contribution in [0.25, 0.3) is 0 Å². The van der Waals surface area contributed by atoms with Gasteiger partial charge in [0.15, 0.2) is 5.82 Å². The first-order chi connectivity index (χ1) is 12.6. The average molecular weight is 348 g/mol. The van der Waals surface area contributed by atoms with Crippen LogP contribution in [0.1, 0.15) is 24.1 Å². The molecular weight excluding hydrogens is 328 g/mol. The number of hydrazine groups is 1. The second-order valence-electron chi connectivity index (χ2n) is 6.40. The van der Waals surface area contributed by atoms with Crippen molar-refractivity contribution in [1.29, 1.82) is 0 Å². The lowest BCUT2D eigenvalue weighted by molar-refractivity contribution is -0.114. The molecule has 2 aliphatic rings. The van der Waals surface area contributed by atoms with E-state index in [1.54, 1.807) is 18.3 Å². The number of hydrogen-bond donors (Lipinski definition) is 3. The van der Waals surface area contributed by atoms with Crippen molar-refractivity contribution in [3.05, 3.63) is 77.3 Å². The highest BCUT2D eigenvalue weighted by atomic mass is 16.2. The van der Waals surface area contributed by atoms with Crippen LogP contribution in [-0.2, 0) is 4.79 Å². The first kappa shape index (κ1) is 16.3. The van der Waals surface area contributed by atoms with E-state index in [1.165, 1.54) is 5.56 Å². The monoisotopic (exact) mass is 348 g/mol. The topological polar surface area (TPSA) is 82.2 Å². The minimum atomic E-state index is -0.233. The third kappa shape index (κ3) is 3.04. The van der Waals surface area contributed by atoms with Gasteiger partial charge in [0.2, 0.25) is 0 Å². The summed E-state index contributed by atoms with van der Waals surface area (Å²) >= 11 is 0. The molecule has 26 heavy (non-hydrogen) atoms. The maximum atomic E-state index is 12.8. The van der Waals surface area contributed by atoms with Gasteiger partial charge in [0.25, 0.3) is 5.91 Å².